The number of guanidine groups is 1. The maximum atomic E-state index is 12.1. The Morgan fingerprint density at radius 3 is 2.21 bits per heavy atom. The molecule has 0 fully saturated rings. The van der Waals surface area contributed by atoms with E-state index in [2.05, 4.69) is 39.4 Å². The smallest absolute Gasteiger partial charge is 0.240 e. The highest BCUT2D eigenvalue weighted by Crippen LogP contribution is 2.21. The largest absolute Gasteiger partial charge is 0.355 e. The minimum atomic E-state index is -3.48. The van der Waals surface area contributed by atoms with Crippen LogP contribution < -0.4 is 15.4 Å². The number of aliphatic imine (C=N–C) groups is 1. The molecular weight excluding hydrogens is 507 g/mol. The number of sulfonamides is 1. The lowest BCUT2D eigenvalue weighted by Crippen LogP contribution is -2.43. The first-order valence-corrected chi connectivity index (χ1v) is 11.1. The van der Waals surface area contributed by atoms with E-state index >= 15 is 0 Å². The molecule has 2 aromatic carbocycles. The molecule has 0 aromatic heterocycles. The zero-order valence-electron chi connectivity index (χ0n) is 16.0. The van der Waals surface area contributed by atoms with Crippen LogP contribution in [0.5, 0.6) is 0 Å². The average molecular weight is 534 g/mol. The van der Waals surface area contributed by atoms with Gasteiger partial charge in [-0.15, -0.1) is 35.7 Å². The lowest BCUT2D eigenvalue weighted by molar-refractivity contribution is 0.580. The Bertz CT molecular complexity index is 818. The molecule has 0 aliphatic heterocycles. The van der Waals surface area contributed by atoms with Crippen molar-refractivity contribution in [3.05, 3.63) is 60.7 Å². The van der Waals surface area contributed by atoms with Crippen LogP contribution in [0.25, 0.3) is 0 Å². The first-order chi connectivity index (χ1) is 13.0. The number of halogens is 1. The van der Waals surface area contributed by atoms with Crippen LogP contribution in [0, 0.1) is 0 Å². The topological polar surface area (TPSA) is 82.6 Å². The maximum absolute atomic E-state index is 12.1. The van der Waals surface area contributed by atoms with Crippen molar-refractivity contribution in [3.8, 4) is 0 Å². The van der Waals surface area contributed by atoms with E-state index in [0.717, 1.165) is 6.54 Å². The summed E-state index contributed by atoms with van der Waals surface area (Å²) in [6.45, 7) is 3.60. The van der Waals surface area contributed by atoms with Gasteiger partial charge in [-0.1, -0.05) is 43.3 Å². The van der Waals surface area contributed by atoms with Crippen LogP contribution in [-0.4, -0.2) is 46.3 Å². The molecule has 1 atom stereocenters. The van der Waals surface area contributed by atoms with Gasteiger partial charge in [0.2, 0.25) is 10.0 Å². The van der Waals surface area contributed by atoms with Gasteiger partial charge in [0, 0.05) is 36.8 Å². The van der Waals surface area contributed by atoms with Crippen LogP contribution in [0.1, 0.15) is 6.92 Å². The number of nitrogens with zero attached hydrogens (tertiary/aromatic N) is 1. The van der Waals surface area contributed by atoms with Crippen molar-refractivity contribution in [2.75, 3.05) is 26.7 Å². The second kappa shape index (κ2) is 13.0. The van der Waals surface area contributed by atoms with E-state index in [1.807, 2.05) is 18.2 Å². The molecule has 2 aromatic rings. The predicted molar refractivity (Wildman–Crippen MR) is 128 cm³/mol. The molecule has 2 rings (SSSR count). The summed E-state index contributed by atoms with van der Waals surface area (Å²) >= 11 is 1.79. The summed E-state index contributed by atoms with van der Waals surface area (Å²) in [5.74, 6) is 0.648. The van der Waals surface area contributed by atoms with Gasteiger partial charge in [0.15, 0.2) is 5.96 Å². The highest BCUT2D eigenvalue weighted by atomic mass is 127. The van der Waals surface area contributed by atoms with Crippen molar-refractivity contribution in [1.82, 2.24) is 15.4 Å². The molecule has 0 saturated heterocycles. The standard InChI is InChI=1S/C19H26N4O2S2.HI/c1-16(26-17-9-5-3-6-10-17)15-22-19(20-2)21-13-14-23-27(24,25)18-11-7-4-8-12-18;/h3-12,16,23H,13-15H2,1-2H3,(H2,20,21,22);1H. The molecule has 9 heteroatoms. The zero-order chi connectivity index (χ0) is 19.5. The Kier molecular flexibility index (Phi) is 11.5. The molecule has 0 heterocycles. The highest BCUT2D eigenvalue weighted by molar-refractivity contribution is 14.0. The van der Waals surface area contributed by atoms with E-state index < -0.39 is 10.0 Å². The number of benzene rings is 2. The summed E-state index contributed by atoms with van der Waals surface area (Å²) in [5.41, 5.74) is 0. The van der Waals surface area contributed by atoms with Crippen molar-refractivity contribution < 1.29 is 8.42 Å². The van der Waals surface area contributed by atoms with Crippen LogP contribution in [0.3, 0.4) is 0 Å². The third kappa shape index (κ3) is 8.80. The van der Waals surface area contributed by atoms with E-state index in [-0.39, 0.29) is 35.4 Å². The Labute approximate surface area is 189 Å². The van der Waals surface area contributed by atoms with Gasteiger partial charge in [0.1, 0.15) is 0 Å². The Morgan fingerprint density at radius 2 is 1.61 bits per heavy atom. The first-order valence-electron chi connectivity index (χ1n) is 8.72. The van der Waals surface area contributed by atoms with E-state index in [4.69, 9.17) is 0 Å². The van der Waals surface area contributed by atoms with Gasteiger partial charge in [-0.05, 0) is 24.3 Å². The molecule has 154 valence electrons. The quantitative estimate of drug-likeness (QED) is 0.152. The molecule has 3 N–H and O–H groups in total. The molecule has 1 unspecified atom stereocenters. The van der Waals surface area contributed by atoms with Gasteiger partial charge >= 0.3 is 0 Å². The van der Waals surface area contributed by atoms with Gasteiger partial charge in [0.25, 0.3) is 0 Å². The Balaban J connectivity index is 0.00000392. The van der Waals surface area contributed by atoms with Crippen molar-refractivity contribution in [2.45, 2.75) is 22.0 Å². The molecule has 0 spiro atoms. The summed E-state index contributed by atoms with van der Waals surface area (Å²) in [4.78, 5) is 5.66. The number of thioether (sulfide) groups is 1. The van der Waals surface area contributed by atoms with Crippen LogP contribution >= 0.6 is 35.7 Å². The first kappa shape index (κ1) is 24.7. The van der Waals surface area contributed by atoms with E-state index in [9.17, 15) is 8.42 Å². The molecule has 0 bridgehead atoms. The zero-order valence-corrected chi connectivity index (χ0v) is 19.9. The third-order valence-corrected chi connectivity index (χ3v) is 6.21. The molecular formula is C19H27IN4O2S2. The summed E-state index contributed by atoms with van der Waals surface area (Å²) < 4.78 is 26.9. The second-order valence-electron chi connectivity index (χ2n) is 5.83. The average Bonchev–Trinajstić information content (AvgIpc) is 2.69. The minimum Gasteiger partial charge on any atom is -0.355 e. The molecule has 0 aliphatic rings. The van der Waals surface area contributed by atoms with Crippen LogP contribution in [0.2, 0.25) is 0 Å². The number of rotatable bonds is 9. The van der Waals surface area contributed by atoms with Gasteiger partial charge in [0.05, 0.1) is 4.90 Å². The summed E-state index contributed by atoms with van der Waals surface area (Å²) in [7, 11) is -1.79. The Morgan fingerprint density at radius 1 is 1.00 bits per heavy atom. The molecule has 28 heavy (non-hydrogen) atoms. The van der Waals surface area contributed by atoms with Gasteiger partial charge in [-0.3, -0.25) is 4.99 Å². The third-order valence-electron chi connectivity index (χ3n) is 3.62. The fourth-order valence-corrected chi connectivity index (χ4v) is 4.28. The fraction of sp³-hybridized carbons (Fsp3) is 0.316. The van der Waals surface area contributed by atoms with Gasteiger partial charge in [-0.2, -0.15) is 0 Å². The summed E-state index contributed by atoms with van der Waals surface area (Å²) in [6.07, 6.45) is 0. The molecule has 0 saturated carbocycles. The summed E-state index contributed by atoms with van der Waals surface area (Å²) in [6, 6.07) is 18.6. The van der Waals surface area contributed by atoms with Crippen LogP contribution in [0.4, 0.5) is 0 Å². The van der Waals surface area contributed by atoms with E-state index in [1.54, 1.807) is 49.1 Å². The van der Waals surface area contributed by atoms with Crippen LogP contribution in [-0.2, 0) is 10.0 Å². The normalized spacial score (nSPS) is 12.7. The van der Waals surface area contributed by atoms with E-state index in [1.165, 1.54) is 4.90 Å². The van der Waals surface area contributed by atoms with Crippen LogP contribution in [0.15, 0.2) is 75.4 Å². The Hall–Kier alpha value is -1.30. The minimum absolute atomic E-state index is 0. The molecule has 0 aliphatic carbocycles. The summed E-state index contributed by atoms with van der Waals surface area (Å²) in [5, 5.41) is 6.74. The predicted octanol–water partition coefficient (Wildman–Crippen LogP) is 2.93. The SMILES string of the molecule is CN=C(NCCNS(=O)(=O)c1ccccc1)NCC(C)Sc1ccccc1.I. The fourth-order valence-electron chi connectivity index (χ4n) is 2.28. The molecule has 6 nitrogen and oxygen atoms in total. The molecule has 0 amide bonds. The van der Waals surface area contributed by atoms with Gasteiger partial charge in [-0.25, -0.2) is 13.1 Å². The number of nitrogens with one attached hydrogen (secondary N) is 3. The number of hydrogen-bond donors (Lipinski definition) is 3. The lowest BCUT2D eigenvalue weighted by atomic mass is 10.4. The lowest BCUT2D eigenvalue weighted by Gasteiger charge is -2.16. The maximum Gasteiger partial charge on any atom is 0.240 e. The van der Waals surface area contributed by atoms with Crippen molar-refractivity contribution in [2.24, 2.45) is 4.99 Å². The van der Waals surface area contributed by atoms with Gasteiger partial charge < -0.3 is 10.6 Å². The molecule has 0 radical (unpaired) electrons. The number of hydrogen-bond acceptors (Lipinski definition) is 4. The second-order valence-corrected chi connectivity index (χ2v) is 9.11. The highest BCUT2D eigenvalue weighted by Gasteiger charge is 2.12. The monoisotopic (exact) mass is 534 g/mol. The van der Waals surface area contributed by atoms with E-state index in [0.29, 0.717) is 17.8 Å². The van der Waals surface area contributed by atoms with Crippen molar-refractivity contribution in [3.63, 3.8) is 0 Å². The van der Waals surface area contributed by atoms with Crippen molar-refractivity contribution in [1.29, 1.82) is 0 Å². The van der Waals surface area contributed by atoms with Crippen molar-refractivity contribution >= 4 is 51.7 Å².